The van der Waals surface area contributed by atoms with Crippen molar-refractivity contribution in [3.05, 3.63) is 6.04 Å². The zero-order valence-corrected chi connectivity index (χ0v) is 12.9. The predicted molar refractivity (Wildman–Crippen MR) is 83.2 cm³/mol. The van der Waals surface area contributed by atoms with Crippen LogP contribution in [0.4, 0.5) is 0 Å². The van der Waals surface area contributed by atoms with Gasteiger partial charge in [0, 0.05) is 6.04 Å². The summed E-state index contributed by atoms with van der Waals surface area (Å²) in [6, 6.07) is 2.46. The highest BCUT2D eigenvalue weighted by molar-refractivity contribution is 5.13. The second-order valence-corrected chi connectivity index (χ2v) is 7.75. The van der Waals surface area contributed by atoms with Gasteiger partial charge in [-0.3, -0.25) is 0 Å². The molecule has 0 bridgehead atoms. The fourth-order valence-corrected chi connectivity index (χ4v) is 5.79. The molecule has 5 atom stereocenters. The smallest absolute Gasteiger partial charge is 0.0571 e. The molecule has 4 aliphatic rings. The van der Waals surface area contributed by atoms with Crippen LogP contribution >= 0.6 is 0 Å². The van der Waals surface area contributed by atoms with E-state index >= 15 is 0 Å². The van der Waals surface area contributed by atoms with Gasteiger partial charge in [0.25, 0.3) is 0 Å². The topological polar surface area (TPSA) is 24.1 Å². The maximum atomic E-state index is 3.92. The molecule has 3 unspecified atom stereocenters. The summed E-state index contributed by atoms with van der Waals surface area (Å²) < 4.78 is 0. The lowest BCUT2D eigenvalue weighted by atomic mass is 9.63. The van der Waals surface area contributed by atoms with Crippen LogP contribution in [-0.4, -0.2) is 19.1 Å². The second kappa shape index (κ2) is 5.96. The quantitative estimate of drug-likeness (QED) is 0.765. The van der Waals surface area contributed by atoms with Gasteiger partial charge in [-0.1, -0.05) is 38.5 Å². The third-order valence-electron chi connectivity index (χ3n) is 6.76. The molecule has 2 N–H and O–H groups in total. The summed E-state index contributed by atoms with van der Waals surface area (Å²) in [4.78, 5) is 0. The Bertz CT molecular complexity index is 293. The SMILES string of the molecule is C1CCC2[C](C3NCC[C@@H]4CCCC[C@@H]34)NCCC2C1. The first-order chi connectivity index (χ1) is 9.93. The van der Waals surface area contributed by atoms with Crippen LogP contribution in [0.15, 0.2) is 0 Å². The highest BCUT2D eigenvalue weighted by Gasteiger charge is 2.45. The summed E-state index contributed by atoms with van der Waals surface area (Å²) in [5, 5.41) is 7.80. The number of hydrogen-bond acceptors (Lipinski definition) is 2. The number of rotatable bonds is 1. The molecule has 0 aromatic rings. The van der Waals surface area contributed by atoms with E-state index in [1.54, 1.807) is 6.04 Å². The highest BCUT2D eigenvalue weighted by Crippen LogP contribution is 2.46. The van der Waals surface area contributed by atoms with E-state index in [1.807, 2.05) is 0 Å². The zero-order valence-electron chi connectivity index (χ0n) is 12.9. The van der Waals surface area contributed by atoms with E-state index in [2.05, 4.69) is 10.6 Å². The first kappa shape index (κ1) is 13.6. The highest BCUT2D eigenvalue weighted by atomic mass is 15.1. The Labute approximate surface area is 124 Å². The number of hydrogen-bond donors (Lipinski definition) is 2. The van der Waals surface area contributed by atoms with Crippen molar-refractivity contribution in [3.8, 4) is 0 Å². The average molecular weight is 275 g/mol. The van der Waals surface area contributed by atoms with Gasteiger partial charge in [-0.25, -0.2) is 0 Å². The fourth-order valence-electron chi connectivity index (χ4n) is 5.79. The lowest BCUT2D eigenvalue weighted by Crippen LogP contribution is -2.58. The molecule has 2 heterocycles. The molecule has 0 spiro atoms. The van der Waals surface area contributed by atoms with Crippen molar-refractivity contribution < 1.29 is 0 Å². The Kier molecular flexibility index (Phi) is 4.05. The van der Waals surface area contributed by atoms with Crippen LogP contribution in [0.5, 0.6) is 0 Å². The van der Waals surface area contributed by atoms with Gasteiger partial charge in [-0.15, -0.1) is 0 Å². The van der Waals surface area contributed by atoms with E-state index in [4.69, 9.17) is 0 Å². The van der Waals surface area contributed by atoms with Crippen LogP contribution in [-0.2, 0) is 0 Å². The van der Waals surface area contributed by atoms with E-state index in [0.29, 0.717) is 6.04 Å². The monoisotopic (exact) mass is 275 g/mol. The Morgan fingerprint density at radius 3 is 2.40 bits per heavy atom. The van der Waals surface area contributed by atoms with E-state index in [1.165, 1.54) is 77.3 Å². The Morgan fingerprint density at radius 2 is 1.45 bits per heavy atom. The molecule has 0 amide bonds. The van der Waals surface area contributed by atoms with Gasteiger partial charge < -0.3 is 10.6 Å². The van der Waals surface area contributed by atoms with Crippen LogP contribution in [0.2, 0.25) is 0 Å². The van der Waals surface area contributed by atoms with Crippen molar-refractivity contribution in [2.45, 2.75) is 70.3 Å². The Hall–Kier alpha value is -0.0800. The minimum atomic E-state index is 0.708. The molecule has 2 saturated heterocycles. The summed E-state index contributed by atoms with van der Waals surface area (Å²) >= 11 is 0. The van der Waals surface area contributed by atoms with E-state index < -0.39 is 0 Å². The summed E-state index contributed by atoms with van der Waals surface area (Å²) in [5.74, 6) is 3.87. The minimum Gasteiger partial charge on any atom is -0.312 e. The predicted octanol–water partition coefficient (Wildman–Crippen LogP) is 3.49. The molecule has 0 aromatic heterocycles. The van der Waals surface area contributed by atoms with Gasteiger partial charge >= 0.3 is 0 Å². The lowest BCUT2D eigenvalue weighted by molar-refractivity contribution is 0.0911. The van der Waals surface area contributed by atoms with E-state index in [9.17, 15) is 0 Å². The lowest BCUT2D eigenvalue weighted by Gasteiger charge is -2.51. The summed E-state index contributed by atoms with van der Waals surface area (Å²) in [6.45, 7) is 2.50. The van der Waals surface area contributed by atoms with Crippen LogP contribution in [0.3, 0.4) is 0 Å². The molecule has 2 aliphatic heterocycles. The molecule has 1 radical (unpaired) electrons. The Balaban J connectivity index is 1.52. The third kappa shape index (κ3) is 2.43. The van der Waals surface area contributed by atoms with Crippen LogP contribution in [0.25, 0.3) is 0 Å². The minimum absolute atomic E-state index is 0.708. The molecule has 4 rings (SSSR count). The molecular formula is C18H31N2. The molecule has 2 heteroatoms. The van der Waals surface area contributed by atoms with Crippen molar-refractivity contribution in [2.24, 2.45) is 23.7 Å². The molecule has 20 heavy (non-hydrogen) atoms. The van der Waals surface area contributed by atoms with Gasteiger partial charge in [0.05, 0.1) is 6.04 Å². The molecule has 2 nitrogen and oxygen atoms in total. The largest absolute Gasteiger partial charge is 0.312 e. The van der Waals surface area contributed by atoms with Crippen molar-refractivity contribution in [3.63, 3.8) is 0 Å². The number of nitrogens with one attached hydrogen (secondary N) is 2. The molecule has 2 saturated carbocycles. The standard InChI is InChI=1S/C18H31N2/c1-3-7-15-13(5-1)9-11-19-17(15)18-16-8-4-2-6-14(16)10-12-20-18/h13-17,19-20H,1-12H2/t13-,14?,15+,16?,17?/m0/s1. The molecule has 113 valence electrons. The van der Waals surface area contributed by atoms with E-state index in [0.717, 1.165) is 23.7 Å². The van der Waals surface area contributed by atoms with Crippen molar-refractivity contribution in [2.75, 3.05) is 13.1 Å². The molecular weight excluding hydrogens is 244 g/mol. The first-order valence-electron chi connectivity index (χ1n) is 9.27. The van der Waals surface area contributed by atoms with Crippen molar-refractivity contribution >= 4 is 0 Å². The Morgan fingerprint density at radius 1 is 0.700 bits per heavy atom. The fraction of sp³-hybridized carbons (Fsp3) is 0.944. The molecule has 0 aromatic carbocycles. The summed E-state index contributed by atoms with van der Waals surface area (Å²) in [5.41, 5.74) is 0. The number of piperidine rings is 2. The van der Waals surface area contributed by atoms with Gasteiger partial charge in [0.15, 0.2) is 0 Å². The maximum absolute atomic E-state index is 3.92. The van der Waals surface area contributed by atoms with Crippen LogP contribution in [0, 0.1) is 29.7 Å². The summed E-state index contributed by atoms with van der Waals surface area (Å²) in [7, 11) is 0. The van der Waals surface area contributed by atoms with Crippen molar-refractivity contribution in [1.29, 1.82) is 0 Å². The molecule has 2 aliphatic carbocycles. The first-order valence-corrected chi connectivity index (χ1v) is 9.27. The van der Waals surface area contributed by atoms with Gasteiger partial charge in [0.1, 0.15) is 0 Å². The van der Waals surface area contributed by atoms with Crippen molar-refractivity contribution in [1.82, 2.24) is 10.6 Å². The average Bonchev–Trinajstić information content (AvgIpc) is 2.54. The summed E-state index contributed by atoms with van der Waals surface area (Å²) in [6.07, 6.45) is 14.7. The normalized spacial score (nSPS) is 46.5. The van der Waals surface area contributed by atoms with Gasteiger partial charge in [-0.2, -0.15) is 0 Å². The third-order valence-corrected chi connectivity index (χ3v) is 6.76. The van der Waals surface area contributed by atoms with Crippen LogP contribution < -0.4 is 10.6 Å². The molecule has 4 fully saturated rings. The second-order valence-electron chi connectivity index (χ2n) is 7.75. The van der Waals surface area contributed by atoms with Gasteiger partial charge in [0.2, 0.25) is 0 Å². The zero-order chi connectivity index (χ0) is 13.4. The maximum Gasteiger partial charge on any atom is 0.0571 e. The van der Waals surface area contributed by atoms with Crippen LogP contribution in [0.1, 0.15) is 64.2 Å². The number of fused-ring (bicyclic) bond motifs is 2. The van der Waals surface area contributed by atoms with E-state index in [-0.39, 0.29) is 0 Å². The van der Waals surface area contributed by atoms with Gasteiger partial charge in [-0.05, 0) is 62.4 Å².